The lowest BCUT2D eigenvalue weighted by Gasteiger charge is -2.23. The van der Waals surface area contributed by atoms with Crippen molar-refractivity contribution in [1.29, 1.82) is 0 Å². The highest BCUT2D eigenvalue weighted by Crippen LogP contribution is 2.50. The number of anilines is 1. The third-order valence-corrected chi connectivity index (χ3v) is 3.98. The topological polar surface area (TPSA) is 76.1 Å². The largest absolute Gasteiger partial charge is 0.482 e. The number of nitrogens with zero attached hydrogens (tertiary/aromatic N) is 1. The van der Waals surface area contributed by atoms with E-state index in [0.29, 0.717) is 12.4 Å². The van der Waals surface area contributed by atoms with Crippen molar-refractivity contribution in [3.8, 4) is 5.75 Å². The third kappa shape index (κ3) is 3.76. The second-order valence-corrected chi connectivity index (χ2v) is 5.56. The van der Waals surface area contributed by atoms with Crippen LogP contribution in [0.4, 0.5) is 5.69 Å². The maximum Gasteiger partial charge on any atom is 0.341 e. The van der Waals surface area contributed by atoms with E-state index >= 15 is 0 Å². The SMILES string of the molecule is COCCC1(C(=O)N(C)c2ccc(OCC(=O)O)cc2)CC1. The van der Waals surface area contributed by atoms with E-state index in [1.165, 1.54) is 0 Å². The van der Waals surface area contributed by atoms with E-state index in [0.717, 1.165) is 24.9 Å². The van der Waals surface area contributed by atoms with Gasteiger partial charge in [-0.25, -0.2) is 4.79 Å². The van der Waals surface area contributed by atoms with Gasteiger partial charge in [-0.05, 0) is 43.5 Å². The Balaban J connectivity index is 1.98. The van der Waals surface area contributed by atoms with E-state index in [1.807, 2.05) is 0 Å². The van der Waals surface area contributed by atoms with E-state index in [1.54, 1.807) is 43.3 Å². The minimum atomic E-state index is -1.02. The molecule has 0 unspecified atom stereocenters. The molecule has 0 heterocycles. The van der Waals surface area contributed by atoms with Crippen LogP contribution in [-0.2, 0) is 14.3 Å². The molecule has 1 aromatic rings. The first-order chi connectivity index (χ1) is 10.5. The van der Waals surface area contributed by atoms with Crippen LogP contribution in [0.5, 0.6) is 5.75 Å². The zero-order valence-electron chi connectivity index (χ0n) is 12.9. The van der Waals surface area contributed by atoms with Crippen molar-refractivity contribution in [3.05, 3.63) is 24.3 Å². The molecule has 0 bridgehead atoms. The summed E-state index contributed by atoms with van der Waals surface area (Å²) in [5.74, 6) is -0.457. The van der Waals surface area contributed by atoms with Gasteiger partial charge in [0.05, 0.1) is 5.41 Å². The van der Waals surface area contributed by atoms with E-state index in [9.17, 15) is 9.59 Å². The van der Waals surface area contributed by atoms with Crippen molar-refractivity contribution >= 4 is 17.6 Å². The van der Waals surface area contributed by atoms with Gasteiger partial charge in [0.1, 0.15) is 5.75 Å². The number of hydrogen-bond acceptors (Lipinski definition) is 4. The van der Waals surface area contributed by atoms with Crippen molar-refractivity contribution in [2.75, 3.05) is 32.3 Å². The van der Waals surface area contributed by atoms with Crippen LogP contribution in [0.1, 0.15) is 19.3 Å². The zero-order chi connectivity index (χ0) is 16.2. The van der Waals surface area contributed by atoms with E-state index < -0.39 is 5.97 Å². The summed E-state index contributed by atoms with van der Waals surface area (Å²) in [5.41, 5.74) is 0.486. The summed E-state index contributed by atoms with van der Waals surface area (Å²) in [7, 11) is 3.39. The number of carboxylic acids is 1. The molecule has 6 heteroatoms. The van der Waals surface area contributed by atoms with Gasteiger partial charge in [0, 0.05) is 26.5 Å². The van der Waals surface area contributed by atoms with Gasteiger partial charge in [0.15, 0.2) is 6.61 Å². The number of rotatable bonds is 8. The highest BCUT2D eigenvalue weighted by molar-refractivity contribution is 5.98. The summed E-state index contributed by atoms with van der Waals surface area (Å²) in [6.07, 6.45) is 2.55. The lowest BCUT2D eigenvalue weighted by Crippen LogP contribution is -2.34. The number of carbonyl (C=O) groups is 2. The van der Waals surface area contributed by atoms with Gasteiger partial charge >= 0.3 is 5.97 Å². The second kappa shape index (κ2) is 6.79. The third-order valence-electron chi connectivity index (χ3n) is 3.98. The minimum absolute atomic E-state index is 0.101. The molecule has 1 N–H and O–H groups in total. The van der Waals surface area contributed by atoms with E-state index in [2.05, 4.69) is 0 Å². The standard InChI is InChI=1S/C16H21NO5/c1-17(15(20)16(7-8-16)9-10-21-2)12-3-5-13(6-4-12)22-11-14(18)19/h3-6H,7-11H2,1-2H3,(H,18,19). The molecular formula is C16H21NO5. The van der Waals surface area contributed by atoms with Crippen LogP contribution in [0.2, 0.25) is 0 Å². The molecule has 0 aliphatic heterocycles. The van der Waals surface area contributed by atoms with E-state index in [-0.39, 0.29) is 17.9 Å². The first-order valence-electron chi connectivity index (χ1n) is 7.20. The Kier molecular flexibility index (Phi) is 5.03. The molecule has 0 saturated heterocycles. The number of ether oxygens (including phenoxy) is 2. The molecule has 2 rings (SSSR count). The fourth-order valence-electron chi connectivity index (χ4n) is 2.40. The van der Waals surface area contributed by atoms with Crippen LogP contribution in [0, 0.1) is 5.41 Å². The zero-order valence-corrected chi connectivity index (χ0v) is 12.9. The van der Waals surface area contributed by atoms with Crippen molar-refractivity contribution in [2.45, 2.75) is 19.3 Å². The van der Waals surface area contributed by atoms with Gasteiger partial charge in [0.2, 0.25) is 5.91 Å². The number of carbonyl (C=O) groups excluding carboxylic acids is 1. The first kappa shape index (κ1) is 16.3. The molecular weight excluding hydrogens is 286 g/mol. The summed E-state index contributed by atoms with van der Waals surface area (Å²) in [6.45, 7) is 0.204. The normalized spacial score (nSPS) is 15.2. The number of hydrogen-bond donors (Lipinski definition) is 1. The van der Waals surface area contributed by atoms with Crippen molar-refractivity contribution in [3.63, 3.8) is 0 Å². The predicted octanol–water partition coefficient (Wildman–Crippen LogP) is 1.93. The molecule has 22 heavy (non-hydrogen) atoms. The Morgan fingerprint density at radius 2 is 1.91 bits per heavy atom. The molecule has 1 aliphatic carbocycles. The minimum Gasteiger partial charge on any atom is -0.482 e. The maximum absolute atomic E-state index is 12.6. The van der Waals surface area contributed by atoms with Gasteiger partial charge in [-0.2, -0.15) is 0 Å². The monoisotopic (exact) mass is 307 g/mol. The molecule has 6 nitrogen and oxygen atoms in total. The van der Waals surface area contributed by atoms with Gasteiger partial charge in [-0.15, -0.1) is 0 Å². The van der Waals surface area contributed by atoms with Crippen LogP contribution in [0.15, 0.2) is 24.3 Å². The molecule has 0 radical (unpaired) electrons. The first-order valence-corrected chi connectivity index (χ1v) is 7.20. The number of carboxylic acid groups (broad SMARTS) is 1. The molecule has 0 spiro atoms. The molecule has 1 saturated carbocycles. The molecule has 1 aromatic carbocycles. The number of aliphatic carboxylic acids is 1. The van der Waals surface area contributed by atoms with E-state index in [4.69, 9.17) is 14.6 Å². The van der Waals surface area contributed by atoms with Crippen LogP contribution >= 0.6 is 0 Å². The lowest BCUT2D eigenvalue weighted by atomic mass is 10.0. The van der Waals surface area contributed by atoms with Crippen molar-refractivity contribution < 1.29 is 24.2 Å². The van der Waals surface area contributed by atoms with Crippen molar-refractivity contribution in [1.82, 2.24) is 0 Å². The van der Waals surface area contributed by atoms with Gasteiger partial charge in [0.25, 0.3) is 0 Å². The fraction of sp³-hybridized carbons (Fsp3) is 0.500. The molecule has 1 fully saturated rings. The Labute approximate surface area is 129 Å². The Morgan fingerprint density at radius 3 is 2.41 bits per heavy atom. The summed E-state index contributed by atoms with van der Waals surface area (Å²) in [4.78, 5) is 24.7. The quantitative estimate of drug-likeness (QED) is 0.794. The average molecular weight is 307 g/mol. The average Bonchev–Trinajstić information content (AvgIpc) is 3.31. The maximum atomic E-state index is 12.6. The second-order valence-electron chi connectivity index (χ2n) is 5.56. The highest BCUT2D eigenvalue weighted by Gasteiger charge is 2.50. The fourth-order valence-corrected chi connectivity index (χ4v) is 2.40. The van der Waals surface area contributed by atoms with Crippen molar-refractivity contribution in [2.24, 2.45) is 5.41 Å². The van der Waals surface area contributed by atoms with Crippen LogP contribution in [0.25, 0.3) is 0 Å². The number of methoxy groups -OCH3 is 1. The Hall–Kier alpha value is -2.08. The Bertz CT molecular complexity index is 536. The van der Waals surface area contributed by atoms with Crippen LogP contribution in [0.3, 0.4) is 0 Å². The van der Waals surface area contributed by atoms with Gasteiger partial charge in [-0.3, -0.25) is 4.79 Å². The molecule has 120 valence electrons. The molecule has 0 atom stereocenters. The van der Waals surface area contributed by atoms with Gasteiger partial charge < -0.3 is 19.5 Å². The number of benzene rings is 1. The summed E-state index contributed by atoms with van der Waals surface area (Å²) in [5, 5.41) is 8.57. The van der Waals surface area contributed by atoms with Crippen LogP contribution in [-0.4, -0.2) is 44.4 Å². The van der Waals surface area contributed by atoms with Gasteiger partial charge in [-0.1, -0.05) is 0 Å². The van der Waals surface area contributed by atoms with Crippen LogP contribution < -0.4 is 9.64 Å². The summed E-state index contributed by atoms with van der Waals surface area (Å²) < 4.78 is 10.2. The molecule has 1 aliphatic rings. The Morgan fingerprint density at radius 1 is 1.27 bits per heavy atom. The highest BCUT2D eigenvalue weighted by atomic mass is 16.5. The molecule has 1 amide bonds. The molecule has 0 aromatic heterocycles. The summed E-state index contributed by atoms with van der Waals surface area (Å²) in [6, 6.07) is 6.83. The lowest BCUT2D eigenvalue weighted by molar-refractivity contribution is -0.139. The smallest absolute Gasteiger partial charge is 0.341 e. The summed E-state index contributed by atoms with van der Waals surface area (Å²) >= 11 is 0. The number of amides is 1. The predicted molar refractivity (Wildman–Crippen MR) is 81.1 cm³/mol.